The summed E-state index contributed by atoms with van der Waals surface area (Å²) in [5, 5.41) is 0. The summed E-state index contributed by atoms with van der Waals surface area (Å²) < 4.78 is 0. The molecule has 0 radical (unpaired) electrons. The lowest BCUT2D eigenvalue weighted by molar-refractivity contribution is -0.116. The molecule has 0 aliphatic carbocycles. The molecule has 0 fully saturated rings. The summed E-state index contributed by atoms with van der Waals surface area (Å²) in [6.45, 7) is 6.43. The van der Waals surface area contributed by atoms with Crippen LogP contribution < -0.4 is 10.6 Å². The van der Waals surface area contributed by atoms with Crippen molar-refractivity contribution in [3.8, 4) is 0 Å². The quantitative estimate of drug-likeness (QED) is 0.792. The Morgan fingerprint density at radius 3 is 2.44 bits per heavy atom. The summed E-state index contributed by atoms with van der Waals surface area (Å²) in [5.41, 5.74) is 10.2. The average molecular weight is 220 g/mol. The molecule has 0 aromatic heterocycles. The molecule has 88 valence electrons. The van der Waals surface area contributed by atoms with Crippen molar-refractivity contribution in [3.63, 3.8) is 0 Å². The molecular formula is C13H20N2O. The Hall–Kier alpha value is -1.51. The molecule has 1 rings (SSSR count). The van der Waals surface area contributed by atoms with Crippen molar-refractivity contribution < 1.29 is 4.79 Å². The Morgan fingerprint density at radius 1 is 1.31 bits per heavy atom. The third-order valence-electron chi connectivity index (χ3n) is 2.85. The van der Waals surface area contributed by atoms with Gasteiger partial charge in [-0.3, -0.25) is 4.79 Å². The fraction of sp³-hybridized carbons (Fsp3) is 0.462. The zero-order valence-corrected chi connectivity index (χ0v) is 10.5. The highest BCUT2D eigenvalue weighted by Gasteiger charge is 2.08. The number of anilines is 2. The molecule has 0 aliphatic rings. The predicted octanol–water partition coefficient (Wildman–Crippen LogP) is 2.30. The summed E-state index contributed by atoms with van der Waals surface area (Å²) in [5.74, 6) is 0.203. The maximum Gasteiger partial charge on any atom is 0.131 e. The molecule has 0 unspecified atom stereocenters. The van der Waals surface area contributed by atoms with Gasteiger partial charge in [0.15, 0.2) is 0 Å². The topological polar surface area (TPSA) is 46.3 Å². The summed E-state index contributed by atoms with van der Waals surface area (Å²) in [6.07, 6.45) is 0.558. The van der Waals surface area contributed by atoms with Gasteiger partial charge in [0.1, 0.15) is 5.78 Å². The van der Waals surface area contributed by atoms with Gasteiger partial charge in [0.05, 0.1) is 11.4 Å². The maximum atomic E-state index is 10.9. The number of ketones is 1. The Kier molecular flexibility index (Phi) is 3.93. The minimum Gasteiger partial charge on any atom is -0.397 e. The van der Waals surface area contributed by atoms with Crippen molar-refractivity contribution >= 4 is 17.2 Å². The Morgan fingerprint density at radius 2 is 1.88 bits per heavy atom. The fourth-order valence-corrected chi connectivity index (χ4v) is 1.60. The zero-order chi connectivity index (χ0) is 12.3. The molecule has 0 saturated heterocycles. The zero-order valence-electron chi connectivity index (χ0n) is 10.5. The van der Waals surface area contributed by atoms with Crippen LogP contribution in [0.5, 0.6) is 0 Å². The molecule has 0 spiro atoms. The molecule has 0 aliphatic heterocycles. The first kappa shape index (κ1) is 12.6. The molecule has 0 atom stereocenters. The van der Waals surface area contributed by atoms with E-state index in [1.165, 1.54) is 11.1 Å². The van der Waals surface area contributed by atoms with Crippen LogP contribution in [0, 0.1) is 13.8 Å². The molecule has 16 heavy (non-hydrogen) atoms. The molecule has 0 bridgehead atoms. The number of hydrogen-bond acceptors (Lipinski definition) is 3. The summed E-state index contributed by atoms with van der Waals surface area (Å²) >= 11 is 0. The molecule has 1 aromatic rings. The van der Waals surface area contributed by atoms with Crippen LogP contribution in [0.25, 0.3) is 0 Å². The van der Waals surface area contributed by atoms with Gasteiger partial charge in [-0.15, -0.1) is 0 Å². The lowest BCUT2D eigenvalue weighted by atomic mass is 10.1. The number of nitrogens with two attached hydrogens (primary N) is 1. The van der Waals surface area contributed by atoms with Crippen LogP contribution in [-0.2, 0) is 4.79 Å². The van der Waals surface area contributed by atoms with E-state index in [2.05, 4.69) is 13.0 Å². The van der Waals surface area contributed by atoms with Crippen molar-refractivity contribution in [2.45, 2.75) is 27.2 Å². The highest BCUT2D eigenvalue weighted by atomic mass is 16.1. The minimum absolute atomic E-state index is 0.203. The number of benzene rings is 1. The van der Waals surface area contributed by atoms with Gasteiger partial charge < -0.3 is 10.6 Å². The van der Waals surface area contributed by atoms with E-state index in [1.807, 2.05) is 24.9 Å². The van der Waals surface area contributed by atoms with Crippen LogP contribution in [0.1, 0.15) is 24.5 Å². The first-order valence-corrected chi connectivity index (χ1v) is 5.49. The molecular weight excluding hydrogens is 200 g/mol. The van der Waals surface area contributed by atoms with Crippen molar-refractivity contribution in [1.29, 1.82) is 0 Å². The highest BCUT2D eigenvalue weighted by Crippen LogP contribution is 2.26. The third-order valence-corrected chi connectivity index (χ3v) is 2.85. The first-order chi connectivity index (χ1) is 7.41. The van der Waals surface area contributed by atoms with Crippen LogP contribution in [0.4, 0.5) is 11.4 Å². The second kappa shape index (κ2) is 5.01. The van der Waals surface area contributed by atoms with Gasteiger partial charge in [-0.25, -0.2) is 0 Å². The molecule has 3 nitrogen and oxygen atoms in total. The van der Waals surface area contributed by atoms with E-state index in [-0.39, 0.29) is 5.78 Å². The van der Waals surface area contributed by atoms with Gasteiger partial charge in [0, 0.05) is 20.0 Å². The van der Waals surface area contributed by atoms with E-state index in [0.29, 0.717) is 13.0 Å². The van der Waals surface area contributed by atoms with Crippen LogP contribution in [0.3, 0.4) is 0 Å². The van der Waals surface area contributed by atoms with E-state index >= 15 is 0 Å². The number of hydrogen-bond donors (Lipinski definition) is 1. The van der Waals surface area contributed by atoms with Crippen LogP contribution in [0.15, 0.2) is 12.1 Å². The molecule has 2 N–H and O–H groups in total. The van der Waals surface area contributed by atoms with Crippen LogP contribution in [0.2, 0.25) is 0 Å². The largest absolute Gasteiger partial charge is 0.397 e. The Bertz CT molecular complexity index is 399. The van der Waals surface area contributed by atoms with Gasteiger partial charge in [0.2, 0.25) is 0 Å². The lowest BCUT2D eigenvalue weighted by Crippen LogP contribution is -2.21. The second-order valence-electron chi connectivity index (χ2n) is 4.37. The van der Waals surface area contributed by atoms with Crippen molar-refractivity contribution in [3.05, 3.63) is 23.3 Å². The normalized spacial score (nSPS) is 10.2. The van der Waals surface area contributed by atoms with E-state index in [4.69, 9.17) is 5.73 Å². The van der Waals surface area contributed by atoms with Crippen LogP contribution in [-0.4, -0.2) is 19.4 Å². The average Bonchev–Trinajstić information content (AvgIpc) is 2.20. The molecule has 0 saturated carbocycles. The summed E-state index contributed by atoms with van der Waals surface area (Å²) in [6, 6.07) is 4.06. The fourth-order valence-electron chi connectivity index (χ4n) is 1.60. The second-order valence-corrected chi connectivity index (χ2v) is 4.37. The Balaban J connectivity index is 2.86. The molecule has 3 heteroatoms. The highest BCUT2D eigenvalue weighted by molar-refractivity contribution is 5.77. The smallest absolute Gasteiger partial charge is 0.131 e. The number of carbonyl (C=O) groups excluding carboxylic acids is 1. The predicted molar refractivity (Wildman–Crippen MR) is 68.9 cm³/mol. The molecule has 0 amide bonds. The van der Waals surface area contributed by atoms with Crippen LogP contribution >= 0.6 is 0 Å². The number of carbonyl (C=O) groups is 1. The van der Waals surface area contributed by atoms with Crippen molar-refractivity contribution in [1.82, 2.24) is 0 Å². The monoisotopic (exact) mass is 220 g/mol. The van der Waals surface area contributed by atoms with Gasteiger partial charge in [0.25, 0.3) is 0 Å². The number of aryl methyl sites for hydroxylation is 2. The van der Waals surface area contributed by atoms with Gasteiger partial charge in [-0.1, -0.05) is 0 Å². The number of nitrogens with zero attached hydrogens (tertiary/aromatic N) is 1. The van der Waals surface area contributed by atoms with Crippen molar-refractivity contribution in [2.24, 2.45) is 0 Å². The lowest BCUT2D eigenvalue weighted by Gasteiger charge is -2.21. The van der Waals surface area contributed by atoms with E-state index < -0.39 is 0 Å². The van der Waals surface area contributed by atoms with E-state index in [9.17, 15) is 4.79 Å². The Labute approximate surface area is 97.2 Å². The maximum absolute atomic E-state index is 10.9. The van der Waals surface area contributed by atoms with E-state index in [0.717, 1.165) is 11.4 Å². The number of rotatable bonds is 4. The SMILES string of the molecule is CC(=O)CCN(C)c1cc(C)c(C)cc1N. The molecule has 0 heterocycles. The summed E-state index contributed by atoms with van der Waals surface area (Å²) in [4.78, 5) is 13.0. The van der Waals surface area contributed by atoms with Gasteiger partial charge in [-0.05, 0) is 44.0 Å². The van der Waals surface area contributed by atoms with E-state index in [1.54, 1.807) is 6.92 Å². The minimum atomic E-state index is 0.203. The summed E-state index contributed by atoms with van der Waals surface area (Å²) in [7, 11) is 1.96. The third kappa shape index (κ3) is 2.99. The first-order valence-electron chi connectivity index (χ1n) is 5.49. The van der Waals surface area contributed by atoms with Gasteiger partial charge in [-0.2, -0.15) is 0 Å². The standard InChI is InChI=1S/C13H20N2O/c1-9-7-12(14)13(8-10(9)2)15(4)6-5-11(3)16/h7-8H,5-6,14H2,1-4H3. The molecule has 1 aromatic carbocycles. The van der Waals surface area contributed by atoms with Crippen molar-refractivity contribution in [2.75, 3.05) is 24.2 Å². The number of nitrogen functional groups attached to an aromatic ring is 1. The van der Waals surface area contributed by atoms with Gasteiger partial charge >= 0.3 is 0 Å². The number of Topliss-reactive ketones (excluding diaryl/α,β-unsaturated/α-hetero) is 1.